The van der Waals surface area contributed by atoms with Crippen LogP contribution in [0.15, 0.2) is 66.0 Å². The first-order chi connectivity index (χ1) is 16.1. The summed E-state index contributed by atoms with van der Waals surface area (Å²) in [6.45, 7) is 0.469. The number of ether oxygens (including phenoxy) is 1. The van der Waals surface area contributed by atoms with Crippen LogP contribution >= 0.6 is 22.7 Å². The molecule has 0 spiro atoms. The third-order valence-corrected chi connectivity index (χ3v) is 6.75. The third-order valence-electron chi connectivity index (χ3n) is 4.89. The monoisotopic (exact) mass is 482 g/mol. The molecule has 0 amide bonds. The average molecular weight is 483 g/mol. The number of nitrogens with one attached hydrogen (secondary N) is 1. The van der Waals surface area contributed by atoms with Gasteiger partial charge in [-0.3, -0.25) is 4.79 Å². The van der Waals surface area contributed by atoms with Gasteiger partial charge in [0.15, 0.2) is 16.7 Å². The molecular formula is C25H23FN2O3S2. The number of nitrogens with zero attached hydrogens (tertiary/aromatic N) is 1. The van der Waals surface area contributed by atoms with Gasteiger partial charge in [-0.25, -0.2) is 9.37 Å². The summed E-state index contributed by atoms with van der Waals surface area (Å²) in [6, 6.07) is 18.7. The van der Waals surface area contributed by atoms with Crippen molar-refractivity contribution >= 4 is 39.5 Å². The van der Waals surface area contributed by atoms with E-state index in [1.54, 1.807) is 18.2 Å². The van der Waals surface area contributed by atoms with Gasteiger partial charge in [-0.15, -0.1) is 22.7 Å². The van der Waals surface area contributed by atoms with Crippen molar-refractivity contribution in [1.29, 1.82) is 0 Å². The minimum absolute atomic E-state index is 0.000629. The van der Waals surface area contributed by atoms with Crippen LogP contribution in [0, 0.1) is 5.82 Å². The molecule has 2 heterocycles. The van der Waals surface area contributed by atoms with Crippen LogP contribution in [0.4, 0.5) is 15.2 Å². The van der Waals surface area contributed by atoms with Gasteiger partial charge in [-0.1, -0.05) is 30.3 Å². The summed E-state index contributed by atoms with van der Waals surface area (Å²) < 4.78 is 20.1. The fraction of sp³-hybridized carbons (Fsp3) is 0.200. The van der Waals surface area contributed by atoms with Gasteiger partial charge in [0.2, 0.25) is 0 Å². The number of carboxylic acid groups (broad SMARTS) is 1. The quantitative estimate of drug-likeness (QED) is 0.231. The number of thiazole rings is 1. The number of benzene rings is 2. The van der Waals surface area contributed by atoms with E-state index < -0.39 is 11.8 Å². The standard InChI is InChI=1S/C25H23FN2O3S2/c26-20-14-18(9-11-22(20)31-13-5-4-8-17-6-2-1-3-7-17)27-25-28-21(16-32-25)23-12-10-19(33-23)15-24(29)30/h1-3,6-7,9-12,14,16H,4-5,8,13,15H2,(H,27,28)(H,29,30). The van der Waals surface area contributed by atoms with Gasteiger partial charge in [0.1, 0.15) is 0 Å². The van der Waals surface area contributed by atoms with Crippen LogP contribution in [0.1, 0.15) is 23.3 Å². The van der Waals surface area contributed by atoms with E-state index in [-0.39, 0.29) is 12.2 Å². The maximum absolute atomic E-state index is 14.5. The van der Waals surface area contributed by atoms with Crippen LogP contribution in [0.5, 0.6) is 5.75 Å². The molecule has 0 unspecified atom stereocenters. The first-order valence-electron chi connectivity index (χ1n) is 10.6. The van der Waals surface area contributed by atoms with E-state index in [4.69, 9.17) is 9.84 Å². The van der Waals surface area contributed by atoms with Gasteiger partial charge in [0, 0.05) is 22.0 Å². The second-order valence-corrected chi connectivity index (χ2v) is 9.46. The molecular weight excluding hydrogens is 459 g/mol. The largest absolute Gasteiger partial charge is 0.491 e. The number of aliphatic carboxylic acids is 1. The second kappa shape index (κ2) is 11.1. The molecule has 5 nitrogen and oxygen atoms in total. The molecule has 8 heteroatoms. The Labute approximate surface area is 199 Å². The van der Waals surface area contributed by atoms with E-state index in [1.165, 1.54) is 34.3 Å². The summed E-state index contributed by atoms with van der Waals surface area (Å²) in [5.41, 5.74) is 2.65. The lowest BCUT2D eigenvalue weighted by Gasteiger charge is -2.09. The first kappa shape index (κ1) is 22.9. The molecule has 0 saturated heterocycles. The average Bonchev–Trinajstić information content (AvgIpc) is 3.45. The highest BCUT2D eigenvalue weighted by molar-refractivity contribution is 7.17. The highest BCUT2D eigenvalue weighted by atomic mass is 32.1. The zero-order valence-electron chi connectivity index (χ0n) is 17.8. The van der Waals surface area contributed by atoms with Crippen LogP contribution in [0.2, 0.25) is 0 Å². The molecule has 4 aromatic rings. The Bertz CT molecular complexity index is 1210. The summed E-state index contributed by atoms with van der Waals surface area (Å²) in [5.74, 6) is -1.04. The van der Waals surface area contributed by atoms with E-state index in [9.17, 15) is 9.18 Å². The van der Waals surface area contributed by atoms with Crippen LogP contribution in [0.3, 0.4) is 0 Å². The summed E-state index contributed by atoms with van der Waals surface area (Å²) in [7, 11) is 0. The summed E-state index contributed by atoms with van der Waals surface area (Å²) in [4.78, 5) is 17.1. The molecule has 0 bridgehead atoms. The van der Waals surface area contributed by atoms with Gasteiger partial charge < -0.3 is 15.2 Å². The smallest absolute Gasteiger partial charge is 0.308 e. The fourth-order valence-electron chi connectivity index (χ4n) is 3.28. The van der Waals surface area contributed by atoms with Crippen molar-refractivity contribution in [1.82, 2.24) is 4.98 Å². The predicted molar refractivity (Wildman–Crippen MR) is 131 cm³/mol. The SMILES string of the molecule is O=C(O)Cc1ccc(-c2csc(Nc3ccc(OCCCCc4ccccc4)c(F)c3)n2)s1. The fourth-order valence-corrected chi connectivity index (χ4v) is 5.05. The third kappa shape index (κ3) is 6.63. The number of aryl methyl sites for hydroxylation is 1. The predicted octanol–water partition coefficient (Wildman–Crippen LogP) is 6.78. The number of hydrogen-bond donors (Lipinski definition) is 2. The lowest BCUT2D eigenvalue weighted by Crippen LogP contribution is -2.01. The first-order valence-corrected chi connectivity index (χ1v) is 12.3. The molecule has 0 fully saturated rings. The highest BCUT2D eigenvalue weighted by Crippen LogP contribution is 2.32. The van der Waals surface area contributed by atoms with Gasteiger partial charge in [-0.05, 0) is 49.1 Å². The zero-order chi connectivity index (χ0) is 23.0. The number of unbranched alkanes of at least 4 members (excludes halogenated alkanes) is 1. The molecule has 4 rings (SSSR count). The Kier molecular flexibility index (Phi) is 7.70. The number of carboxylic acids is 1. The number of thiophene rings is 1. The van der Waals surface area contributed by atoms with Crippen molar-refractivity contribution in [2.24, 2.45) is 0 Å². The molecule has 2 aromatic heterocycles. The Morgan fingerprint density at radius 3 is 2.73 bits per heavy atom. The maximum Gasteiger partial charge on any atom is 0.308 e. The zero-order valence-corrected chi connectivity index (χ0v) is 19.4. The minimum Gasteiger partial charge on any atom is -0.491 e. The molecule has 0 atom stereocenters. The van der Waals surface area contributed by atoms with Crippen LogP contribution < -0.4 is 10.1 Å². The molecule has 33 heavy (non-hydrogen) atoms. The van der Waals surface area contributed by atoms with Crippen molar-refractivity contribution in [3.05, 3.63) is 82.3 Å². The van der Waals surface area contributed by atoms with Crippen molar-refractivity contribution in [3.63, 3.8) is 0 Å². The number of carbonyl (C=O) groups is 1. The molecule has 0 aliphatic heterocycles. The Morgan fingerprint density at radius 2 is 1.94 bits per heavy atom. The summed E-state index contributed by atoms with van der Waals surface area (Å²) >= 11 is 2.81. The number of halogens is 1. The van der Waals surface area contributed by atoms with Gasteiger partial charge >= 0.3 is 5.97 Å². The molecule has 2 N–H and O–H groups in total. The number of hydrogen-bond acceptors (Lipinski definition) is 6. The Hall–Kier alpha value is -3.23. The molecule has 170 valence electrons. The van der Waals surface area contributed by atoms with Gasteiger partial charge in [-0.2, -0.15) is 0 Å². The molecule has 0 saturated carbocycles. The topological polar surface area (TPSA) is 71.5 Å². The number of rotatable bonds is 11. The lowest BCUT2D eigenvalue weighted by molar-refractivity contribution is -0.136. The van der Waals surface area contributed by atoms with E-state index in [1.807, 2.05) is 29.6 Å². The van der Waals surface area contributed by atoms with Crippen LogP contribution in [0.25, 0.3) is 10.6 Å². The van der Waals surface area contributed by atoms with E-state index >= 15 is 0 Å². The van der Waals surface area contributed by atoms with E-state index in [2.05, 4.69) is 22.4 Å². The van der Waals surface area contributed by atoms with Crippen molar-refractivity contribution in [2.75, 3.05) is 11.9 Å². The second-order valence-electron chi connectivity index (χ2n) is 7.44. The molecule has 0 radical (unpaired) electrons. The molecule has 2 aromatic carbocycles. The van der Waals surface area contributed by atoms with Crippen molar-refractivity contribution < 1.29 is 19.0 Å². The molecule has 0 aliphatic rings. The highest BCUT2D eigenvalue weighted by Gasteiger charge is 2.11. The summed E-state index contributed by atoms with van der Waals surface area (Å²) in [5, 5.41) is 14.6. The van der Waals surface area contributed by atoms with Crippen molar-refractivity contribution in [2.45, 2.75) is 25.7 Å². The lowest BCUT2D eigenvalue weighted by atomic mass is 10.1. The van der Waals surface area contributed by atoms with E-state index in [0.717, 1.165) is 34.7 Å². The summed E-state index contributed by atoms with van der Waals surface area (Å²) in [6.07, 6.45) is 2.82. The maximum atomic E-state index is 14.5. The van der Waals surface area contributed by atoms with Crippen molar-refractivity contribution in [3.8, 4) is 16.3 Å². The minimum atomic E-state index is -0.856. The molecule has 0 aliphatic carbocycles. The van der Waals surface area contributed by atoms with E-state index in [0.29, 0.717) is 17.4 Å². The Morgan fingerprint density at radius 1 is 1.09 bits per heavy atom. The van der Waals surface area contributed by atoms with Crippen LogP contribution in [-0.2, 0) is 17.6 Å². The van der Waals surface area contributed by atoms with Crippen LogP contribution in [-0.4, -0.2) is 22.7 Å². The van der Waals surface area contributed by atoms with Gasteiger partial charge in [0.25, 0.3) is 0 Å². The number of aromatic nitrogens is 1. The number of anilines is 2. The Balaban J connectivity index is 1.27. The van der Waals surface area contributed by atoms with Gasteiger partial charge in [0.05, 0.1) is 23.6 Å². The normalized spacial score (nSPS) is 10.8.